The molecule has 0 aromatic rings. The molecule has 3 N–H and O–H groups in total. The monoisotopic (exact) mass is 227 g/mol. The molecular weight excluding hydrogens is 202 g/mol. The molecule has 3 unspecified atom stereocenters. The van der Waals surface area contributed by atoms with Crippen LogP contribution in [0.15, 0.2) is 0 Å². The van der Waals surface area contributed by atoms with E-state index in [1.54, 1.807) is 0 Å². The van der Waals surface area contributed by atoms with E-state index in [1.165, 1.54) is 6.42 Å². The molecule has 3 rings (SSSR count). The highest BCUT2D eigenvalue weighted by Crippen LogP contribution is 2.41. The maximum Gasteiger partial charge on any atom is 0.0824 e. The molecule has 2 bridgehead atoms. The number of hydrogen-bond donors (Lipinski definition) is 2. The highest BCUT2D eigenvalue weighted by atomic mass is 16.3. The van der Waals surface area contributed by atoms with E-state index in [2.05, 4.69) is 23.9 Å². The molecule has 2 heterocycles. The van der Waals surface area contributed by atoms with Gasteiger partial charge in [-0.15, -0.1) is 0 Å². The van der Waals surface area contributed by atoms with Crippen molar-refractivity contribution in [3.05, 3.63) is 0 Å². The summed E-state index contributed by atoms with van der Waals surface area (Å²) in [4.78, 5) is 4.76. The second-order valence-electron chi connectivity index (χ2n) is 5.74. The van der Waals surface area contributed by atoms with Crippen LogP contribution in [0.1, 0.15) is 19.3 Å². The summed E-state index contributed by atoms with van der Waals surface area (Å²) >= 11 is 0. The molecule has 3 atom stereocenters. The van der Waals surface area contributed by atoms with Gasteiger partial charge in [0.25, 0.3) is 0 Å². The maximum absolute atomic E-state index is 10.4. The minimum absolute atomic E-state index is 0.393. The molecule has 3 aliphatic rings. The molecule has 0 aromatic carbocycles. The molecule has 0 aromatic heterocycles. The molecule has 94 valence electrons. The lowest BCUT2D eigenvalue weighted by atomic mass is 9.69. The Morgan fingerprint density at radius 3 is 2.69 bits per heavy atom. The van der Waals surface area contributed by atoms with E-state index >= 15 is 0 Å². The van der Waals surface area contributed by atoms with Crippen LogP contribution < -0.4 is 5.73 Å². The Morgan fingerprint density at radius 2 is 2.19 bits per heavy atom. The molecule has 4 nitrogen and oxygen atoms in total. The summed E-state index contributed by atoms with van der Waals surface area (Å²) in [5.41, 5.74) is 5.14. The maximum atomic E-state index is 10.4. The van der Waals surface area contributed by atoms with E-state index in [9.17, 15) is 5.11 Å². The van der Waals surface area contributed by atoms with Crippen molar-refractivity contribution in [2.45, 2.75) is 30.9 Å². The molecule has 4 heteroatoms. The Bertz CT molecular complexity index is 246. The first-order valence-corrected chi connectivity index (χ1v) is 6.36. The third kappa shape index (κ3) is 2.25. The predicted molar refractivity (Wildman–Crippen MR) is 65.3 cm³/mol. The molecule has 1 aliphatic carbocycles. The Balaban J connectivity index is 1.93. The van der Waals surface area contributed by atoms with Crippen molar-refractivity contribution in [3.63, 3.8) is 0 Å². The number of likely N-dealkylation sites (N-methyl/N-ethyl adjacent to an activating group) is 1. The van der Waals surface area contributed by atoms with Crippen molar-refractivity contribution in [2.24, 2.45) is 11.7 Å². The fourth-order valence-electron chi connectivity index (χ4n) is 3.20. The van der Waals surface area contributed by atoms with Crippen LogP contribution in [0.3, 0.4) is 0 Å². The number of aliphatic hydroxyl groups is 1. The first-order chi connectivity index (χ1) is 7.55. The summed E-state index contributed by atoms with van der Waals surface area (Å²) < 4.78 is 0. The van der Waals surface area contributed by atoms with E-state index in [1.807, 2.05) is 0 Å². The fraction of sp³-hybridized carbons (Fsp3) is 1.00. The van der Waals surface area contributed by atoms with Gasteiger partial charge >= 0.3 is 0 Å². The van der Waals surface area contributed by atoms with Gasteiger partial charge in [0, 0.05) is 38.1 Å². The first-order valence-electron chi connectivity index (χ1n) is 6.36. The average Bonchev–Trinajstić information content (AvgIpc) is 2.27. The van der Waals surface area contributed by atoms with Gasteiger partial charge in [0.1, 0.15) is 0 Å². The first kappa shape index (κ1) is 12.3. The van der Waals surface area contributed by atoms with Crippen LogP contribution >= 0.6 is 0 Å². The fourth-order valence-corrected chi connectivity index (χ4v) is 3.20. The van der Waals surface area contributed by atoms with Crippen LogP contribution in [0.25, 0.3) is 0 Å². The molecular formula is C12H25N3O. The standard InChI is InChI=1S/C12H25N3O/c1-14(2)5-6-15-8-10-3-4-11(15)7-12(10,16)9-13/h10-11,16H,3-9,13H2,1-2H3. The van der Waals surface area contributed by atoms with Crippen molar-refractivity contribution in [1.29, 1.82) is 0 Å². The Morgan fingerprint density at radius 1 is 1.44 bits per heavy atom. The number of nitrogens with zero attached hydrogens (tertiary/aromatic N) is 2. The molecule has 0 radical (unpaired) electrons. The Labute approximate surface area is 98.4 Å². The number of piperidine rings is 2. The SMILES string of the molecule is CN(C)CCN1CC2CCC1CC2(O)CN. The molecule has 2 saturated heterocycles. The van der Waals surface area contributed by atoms with Crippen LogP contribution in [-0.2, 0) is 0 Å². The lowest BCUT2D eigenvalue weighted by molar-refractivity contribution is -0.121. The summed E-state index contributed by atoms with van der Waals surface area (Å²) in [7, 11) is 4.22. The zero-order chi connectivity index (χ0) is 11.8. The van der Waals surface area contributed by atoms with Gasteiger partial charge in [-0.2, -0.15) is 0 Å². The van der Waals surface area contributed by atoms with Crippen LogP contribution in [0.2, 0.25) is 0 Å². The molecule has 0 amide bonds. The van der Waals surface area contributed by atoms with Crippen molar-refractivity contribution in [2.75, 3.05) is 40.3 Å². The highest BCUT2D eigenvalue weighted by Gasteiger charge is 2.48. The minimum atomic E-state index is -0.572. The van der Waals surface area contributed by atoms with Gasteiger partial charge in [-0.25, -0.2) is 0 Å². The van der Waals surface area contributed by atoms with E-state index < -0.39 is 5.60 Å². The smallest absolute Gasteiger partial charge is 0.0824 e. The molecule has 3 fully saturated rings. The number of nitrogens with two attached hydrogens (primary N) is 1. The number of rotatable bonds is 4. The zero-order valence-corrected chi connectivity index (χ0v) is 10.5. The van der Waals surface area contributed by atoms with Crippen molar-refractivity contribution in [1.82, 2.24) is 9.80 Å². The largest absolute Gasteiger partial charge is 0.388 e. The van der Waals surface area contributed by atoms with Crippen LogP contribution in [0.4, 0.5) is 0 Å². The third-order valence-corrected chi connectivity index (χ3v) is 4.36. The van der Waals surface area contributed by atoms with Gasteiger partial charge in [0.2, 0.25) is 0 Å². The predicted octanol–water partition coefficient (Wildman–Crippen LogP) is -0.278. The second kappa shape index (κ2) is 4.61. The summed E-state index contributed by atoms with van der Waals surface area (Å²) in [6, 6.07) is 0.554. The summed E-state index contributed by atoms with van der Waals surface area (Å²) in [6.07, 6.45) is 3.26. The van der Waals surface area contributed by atoms with Gasteiger partial charge in [0.05, 0.1) is 5.60 Å². The second-order valence-corrected chi connectivity index (χ2v) is 5.74. The molecule has 0 spiro atoms. The quantitative estimate of drug-likeness (QED) is 0.694. The van der Waals surface area contributed by atoms with Crippen molar-refractivity contribution in [3.8, 4) is 0 Å². The summed E-state index contributed by atoms with van der Waals surface area (Å²) in [5.74, 6) is 0.393. The Hall–Kier alpha value is -0.160. The van der Waals surface area contributed by atoms with Gasteiger partial charge in [0.15, 0.2) is 0 Å². The summed E-state index contributed by atoms with van der Waals surface area (Å²) in [5, 5.41) is 10.4. The van der Waals surface area contributed by atoms with E-state index in [0.29, 0.717) is 18.5 Å². The lowest BCUT2D eigenvalue weighted by Crippen LogP contribution is -2.63. The van der Waals surface area contributed by atoms with Gasteiger partial charge in [-0.05, 0) is 33.4 Å². The van der Waals surface area contributed by atoms with Gasteiger partial charge in [-0.1, -0.05) is 0 Å². The normalized spacial score (nSPS) is 39.6. The molecule has 16 heavy (non-hydrogen) atoms. The Kier molecular flexibility index (Phi) is 3.54. The van der Waals surface area contributed by atoms with E-state index in [4.69, 9.17) is 5.73 Å². The van der Waals surface area contributed by atoms with Crippen molar-refractivity contribution < 1.29 is 5.11 Å². The average molecular weight is 227 g/mol. The molecule has 1 saturated carbocycles. The highest BCUT2D eigenvalue weighted by molar-refractivity contribution is 5.02. The lowest BCUT2D eigenvalue weighted by Gasteiger charge is -2.53. The third-order valence-electron chi connectivity index (χ3n) is 4.36. The van der Waals surface area contributed by atoms with Crippen LogP contribution in [0, 0.1) is 5.92 Å². The van der Waals surface area contributed by atoms with Crippen molar-refractivity contribution >= 4 is 0 Å². The van der Waals surface area contributed by atoms with E-state index in [-0.39, 0.29) is 0 Å². The minimum Gasteiger partial charge on any atom is -0.388 e. The summed E-state index contributed by atoms with van der Waals surface area (Å²) in [6.45, 7) is 3.68. The van der Waals surface area contributed by atoms with Gasteiger partial charge in [-0.3, -0.25) is 4.90 Å². The van der Waals surface area contributed by atoms with E-state index in [0.717, 1.165) is 32.5 Å². The topological polar surface area (TPSA) is 52.7 Å². The number of hydrogen-bond acceptors (Lipinski definition) is 4. The molecule has 2 aliphatic heterocycles. The zero-order valence-electron chi connectivity index (χ0n) is 10.5. The van der Waals surface area contributed by atoms with Crippen LogP contribution in [-0.4, -0.2) is 66.8 Å². The van der Waals surface area contributed by atoms with Gasteiger partial charge < -0.3 is 15.7 Å². The van der Waals surface area contributed by atoms with Crippen LogP contribution in [0.5, 0.6) is 0 Å². The number of fused-ring (bicyclic) bond motifs is 3.